The van der Waals surface area contributed by atoms with Crippen molar-refractivity contribution in [1.29, 1.82) is 0 Å². The number of hydrogen-bond donors (Lipinski definition) is 1. The van der Waals surface area contributed by atoms with Crippen molar-refractivity contribution >= 4 is 5.91 Å². The molecule has 4 heteroatoms. The molecule has 1 aliphatic carbocycles. The maximum absolute atomic E-state index is 12.6. The second-order valence-corrected chi connectivity index (χ2v) is 5.42. The Kier molecular flexibility index (Phi) is 3.94. The number of rotatable bonds is 3. The average molecular weight is 250 g/mol. The lowest BCUT2D eigenvalue weighted by Gasteiger charge is -2.33. The Morgan fingerprint density at radius 1 is 1.39 bits per heavy atom. The van der Waals surface area contributed by atoms with Crippen LogP contribution < -0.4 is 5.32 Å². The second-order valence-electron chi connectivity index (χ2n) is 5.42. The molecule has 0 unspecified atom stereocenters. The van der Waals surface area contributed by atoms with Crippen molar-refractivity contribution in [2.75, 3.05) is 6.54 Å². The van der Waals surface area contributed by atoms with E-state index in [4.69, 9.17) is 0 Å². The van der Waals surface area contributed by atoms with Crippen LogP contribution in [0.1, 0.15) is 49.4 Å². The Morgan fingerprint density at radius 2 is 2.11 bits per heavy atom. The number of halogens is 1. The summed E-state index contributed by atoms with van der Waals surface area (Å²) in [6.45, 7) is 2.90. The molecule has 0 aliphatic heterocycles. The van der Waals surface area contributed by atoms with Crippen LogP contribution in [0.5, 0.6) is 0 Å². The summed E-state index contributed by atoms with van der Waals surface area (Å²) in [5.41, 5.74) is 0.622. The highest BCUT2D eigenvalue weighted by molar-refractivity contribution is 5.93. The van der Waals surface area contributed by atoms with Gasteiger partial charge in [-0.3, -0.25) is 4.79 Å². The van der Waals surface area contributed by atoms with Gasteiger partial charge in [0.05, 0.1) is 5.56 Å². The lowest BCUT2D eigenvalue weighted by molar-refractivity contribution is 0.0918. The number of aromatic nitrogens is 1. The fourth-order valence-corrected chi connectivity index (χ4v) is 2.49. The van der Waals surface area contributed by atoms with E-state index in [1.165, 1.54) is 37.6 Å². The molecule has 0 spiro atoms. The molecule has 0 bridgehead atoms. The SMILES string of the molecule is CC1(CNC(=O)c2ccc(F)nc2)CCCCC1. The molecule has 1 N–H and O–H groups in total. The Labute approximate surface area is 107 Å². The first-order valence-corrected chi connectivity index (χ1v) is 6.49. The minimum atomic E-state index is -0.564. The lowest BCUT2D eigenvalue weighted by Crippen LogP contribution is -2.37. The summed E-state index contributed by atoms with van der Waals surface area (Å²) in [4.78, 5) is 15.4. The zero-order valence-electron chi connectivity index (χ0n) is 10.7. The smallest absolute Gasteiger partial charge is 0.252 e. The Morgan fingerprint density at radius 3 is 2.72 bits per heavy atom. The van der Waals surface area contributed by atoms with Gasteiger partial charge in [-0.2, -0.15) is 4.39 Å². The molecule has 0 saturated heterocycles. The minimum absolute atomic E-state index is 0.172. The highest BCUT2D eigenvalue weighted by atomic mass is 19.1. The van der Waals surface area contributed by atoms with Gasteiger partial charge in [-0.1, -0.05) is 26.2 Å². The van der Waals surface area contributed by atoms with E-state index in [0.717, 1.165) is 12.8 Å². The maximum Gasteiger partial charge on any atom is 0.252 e. The van der Waals surface area contributed by atoms with Crippen LogP contribution in [0.25, 0.3) is 0 Å². The van der Waals surface area contributed by atoms with Gasteiger partial charge in [0.2, 0.25) is 5.95 Å². The molecule has 1 amide bonds. The third-order valence-electron chi connectivity index (χ3n) is 3.73. The number of hydrogen-bond acceptors (Lipinski definition) is 2. The summed E-state index contributed by atoms with van der Waals surface area (Å²) in [5.74, 6) is -0.736. The highest BCUT2D eigenvalue weighted by Gasteiger charge is 2.27. The van der Waals surface area contributed by atoms with Gasteiger partial charge in [0, 0.05) is 12.7 Å². The van der Waals surface area contributed by atoms with Crippen LogP contribution in [-0.2, 0) is 0 Å². The largest absolute Gasteiger partial charge is 0.351 e. The first-order valence-electron chi connectivity index (χ1n) is 6.49. The van der Waals surface area contributed by atoms with Crippen molar-refractivity contribution in [3.63, 3.8) is 0 Å². The van der Waals surface area contributed by atoms with E-state index >= 15 is 0 Å². The number of carbonyl (C=O) groups excluding carboxylic acids is 1. The first kappa shape index (κ1) is 13.0. The Balaban J connectivity index is 1.89. The summed E-state index contributed by atoms with van der Waals surface area (Å²) in [5, 5.41) is 2.93. The van der Waals surface area contributed by atoms with E-state index in [0.29, 0.717) is 12.1 Å². The zero-order valence-corrected chi connectivity index (χ0v) is 10.7. The van der Waals surface area contributed by atoms with E-state index in [-0.39, 0.29) is 11.3 Å². The number of carbonyl (C=O) groups is 1. The molecule has 1 aromatic rings. The van der Waals surface area contributed by atoms with Crippen LogP contribution in [0.2, 0.25) is 0 Å². The van der Waals surface area contributed by atoms with Crippen LogP contribution >= 0.6 is 0 Å². The van der Waals surface area contributed by atoms with Crippen molar-refractivity contribution in [2.24, 2.45) is 5.41 Å². The molecule has 0 radical (unpaired) electrons. The molecule has 0 aromatic carbocycles. The fourth-order valence-electron chi connectivity index (χ4n) is 2.49. The van der Waals surface area contributed by atoms with Crippen LogP contribution in [-0.4, -0.2) is 17.4 Å². The monoisotopic (exact) mass is 250 g/mol. The van der Waals surface area contributed by atoms with E-state index in [9.17, 15) is 9.18 Å². The van der Waals surface area contributed by atoms with Crippen molar-refractivity contribution in [3.05, 3.63) is 29.8 Å². The summed E-state index contributed by atoms with van der Waals surface area (Å²) >= 11 is 0. The van der Waals surface area contributed by atoms with E-state index in [1.54, 1.807) is 0 Å². The molecule has 18 heavy (non-hydrogen) atoms. The quantitative estimate of drug-likeness (QED) is 0.838. The molecule has 1 heterocycles. The summed E-state index contributed by atoms with van der Waals surface area (Å²) in [6, 6.07) is 2.66. The molecule has 0 atom stereocenters. The number of nitrogens with one attached hydrogen (secondary N) is 1. The van der Waals surface area contributed by atoms with E-state index < -0.39 is 5.95 Å². The summed E-state index contributed by atoms with van der Waals surface area (Å²) in [6.07, 6.45) is 7.37. The number of pyridine rings is 1. The molecule has 98 valence electrons. The second kappa shape index (κ2) is 5.46. The topological polar surface area (TPSA) is 42.0 Å². The van der Waals surface area contributed by atoms with Crippen LogP contribution in [0.4, 0.5) is 4.39 Å². The molecule has 1 fully saturated rings. The number of nitrogens with zero attached hydrogens (tertiary/aromatic N) is 1. The van der Waals surface area contributed by atoms with E-state index in [2.05, 4.69) is 17.2 Å². The van der Waals surface area contributed by atoms with Crippen molar-refractivity contribution in [1.82, 2.24) is 10.3 Å². The molecule has 3 nitrogen and oxygen atoms in total. The predicted molar refractivity (Wildman–Crippen MR) is 67.7 cm³/mol. The summed E-state index contributed by atoms with van der Waals surface area (Å²) < 4.78 is 12.6. The molecular formula is C14H19FN2O. The normalized spacial score (nSPS) is 18.3. The van der Waals surface area contributed by atoms with Crippen LogP contribution in [0.15, 0.2) is 18.3 Å². The van der Waals surface area contributed by atoms with Gasteiger partial charge in [0.25, 0.3) is 5.91 Å². The lowest BCUT2D eigenvalue weighted by atomic mass is 9.76. The van der Waals surface area contributed by atoms with Crippen LogP contribution in [0, 0.1) is 11.4 Å². The fraction of sp³-hybridized carbons (Fsp3) is 0.571. The van der Waals surface area contributed by atoms with Crippen molar-refractivity contribution < 1.29 is 9.18 Å². The van der Waals surface area contributed by atoms with Gasteiger partial charge < -0.3 is 5.32 Å². The molecule has 1 saturated carbocycles. The van der Waals surface area contributed by atoms with Gasteiger partial charge >= 0.3 is 0 Å². The van der Waals surface area contributed by atoms with Gasteiger partial charge in [0.1, 0.15) is 0 Å². The van der Waals surface area contributed by atoms with Gasteiger partial charge in [-0.05, 0) is 30.4 Å². The molecule has 1 aromatic heterocycles. The van der Waals surface area contributed by atoms with Crippen LogP contribution in [0.3, 0.4) is 0 Å². The van der Waals surface area contributed by atoms with E-state index in [1.807, 2.05) is 0 Å². The maximum atomic E-state index is 12.6. The Bertz CT molecular complexity index is 410. The molecule has 1 aliphatic rings. The third-order valence-corrected chi connectivity index (χ3v) is 3.73. The predicted octanol–water partition coefficient (Wildman–Crippen LogP) is 2.92. The highest BCUT2D eigenvalue weighted by Crippen LogP contribution is 2.34. The average Bonchev–Trinajstić information content (AvgIpc) is 2.38. The Hall–Kier alpha value is -1.45. The third kappa shape index (κ3) is 3.28. The molecule has 2 rings (SSSR count). The standard InChI is InChI=1S/C14H19FN2O/c1-14(7-3-2-4-8-14)10-17-13(18)11-5-6-12(15)16-9-11/h5-6,9H,2-4,7-8,10H2,1H3,(H,17,18). The van der Waals surface area contributed by atoms with Gasteiger partial charge in [-0.15, -0.1) is 0 Å². The zero-order chi connectivity index (χ0) is 13.0. The van der Waals surface area contributed by atoms with Crippen molar-refractivity contribution in [2.45, 2.75) is 39.0 Å². The number of amides is 1. The van der Waals surface area contributed by atoms with Gasteiger partial charge in [-0.25, -0.2) is 4.98 Å². The van der Waals surface area contributed by atoms with Crippen molar-refractivity contribution in [3.8, 4) is 0 Å². The molecular weight excluding hydrogens is 231 g/mol. The van der Waals surface area contributed by atoms with Gasteiger partial charge in [0.15, 0.2) is 0 Å². The minimum Gasteiger partial charge on any atom is -0.351 e. The summed E-state index contributed by atoms with van der Waals surface area (Å²) in [7, 11) is 0. The first-order chi connectivity index (χ1) is 8.59.